The fourth-order valence-electron chi connectivity index (χ4n) is 0.419. The van der Waals surface area contributed by atoms with E-state index in [1.807, 2.05) is 0 Å². The molecule has 0 radical (unpaired) electrons. The van der Waals surface area contributed by atoms with Gasteiger partial charge in [0.25, 0.3) is 0 Å². The molecule has 0 aromatic heterocycles. The third-order valence-corrected chi connectivity index (χ3v) is 0.945. The second kappa shape index (κ2) is 5.62. The molecule has 0 bridgehead atoms. The Bertz CT molecular complexity index is 169. The largest absolute Gasteiger partial charge is 0.505 e. The van der Waals surface area contributed by atoms with Gasteiger partial charge in [-0.3, -0.25) is 0 Å². The predicted octanol–water partition coefficient (Wildman–Crippen LogP) is 0.417. The average molecular weight is 199 g/mol. The molecular formula is C5H7ClO6. The van der Waals surface area contributed by atoms with E-state index in [2.05, 4.69) is 9.47 Å². The van der Waals surface area contributed by atoms with Crippen LogP contribution in [0.2, 0.25) is 0 Å². The molecule has 0 aliphatic heterocycles. The van der Waals surface area contributed by atoms with Gasteiger partial charge in [0, 0.05) is 11.6 Å². The Kier molecular flexibility index (Phi) is 5.14. The minimum absolute atomic E-state index is 0.440. The molecular weight excluding hydrogens is 192 g/mol. The highest BCUT2D eigenvalue weighted by Crippen LogP contribution is 1.97. The summed E-state index contributed by atoms with van der Waals surface area (Å²) in [6.07, 6.45) is -2.56. The van der Waals surface area contributed by atoms with E-state index in [1.165, 1.54) is 0 Å². The number of carbonyl (C=O) groups is 2. The van der Waals surface area contributed by atoms with Crippen molar-refractivity contribution in [2.45, 2.75) is 6.10 Å². The van der Waals surface area contributed by atoms with Gasteiger partial charge in [0.15, 0.2) is 6.10 Å². The molecule has 0 amide bonds. The Morgan fingerprint density at radius 2 is 2.08 bits per heavy atom. The van der Waals surface area contributed by atoms with Crippen LogP contribution in [0.25, 0.3) is 0 Å². The zero-order valence-electron chi connectivity index (χ0n) is 5.90. The quantitative estimate of drug-likeness (QED) is 0.502. The van der Waals surface area contributed by atoms with Crippen LogP contribution in [0.15, 0.2) is 0 Å². The molecule has 0 heterocycles. The molecule has 0 spiro atoms. The van der Waals surface area contributed by atoms with E-state index in [4.69, 9.17) is 21.8 Å². The number of carbonyl (C=O) groups excluding carboxylic acids is 1. The highest BCUT2D eigenvalue weighted by molar-refractivity contribution is 6.61. The van der Waals surface area contributed by atoms with Crippen LogP contribution < -0.4 is 0 Å². The molecule has 1 unspecified atom stereocenters. The van der Waals surface area contributed by atoms with E-state index in [-0.39, 0.29) is 0 Å². The first-order valence-electron chi connectivity index (χ1n) is 2.89. The molecule has 0 aliphatic rings. The molecule has 2 N–H and O–H groups in total. The van der Waals surface area contributed by atoms with Crippen LogP contribution in [-0.2, 0) is 9.47 Å². The van der Waals surface area contributed by atoms with Crippen molar-refractivity contribution in [2.24, 2.45) is 0 Å². The Balaban J connectivity index is 3.67. The number of aliphatic hydroxyl groups is 1. The van der Waals surface area contributed by atoms with Gasteiger partial charge in [-0.15, -0.1) is 0 Å². The van der Waals surface area contributed by atoms with Crippen LogP contribution in [0, 0.1) is 0 Å². The number of ether oxygens (including phenoxy) is 2. The number of rotatable bonds is 4. The number of halogens is 1. The third-order valence-electron chi connectivity index (χ3n) is 0.856. The zero-order chi connectivity index (χ0) is 9.56. The summed E-state index contributed by atoms with van der Waals surface area (Å²) < 4.78 is 8.25. The Morgan fingerprint density at radius 1 is 1.50 bits per heavy atom. The second-order valence-electron chi connectivity index (χ2n) is 1.74. The first-order chi connectivity index (χ1) is 5.56. The molecule has 0 rings (SSSR count). The molecule has 70 valence electrons. The summed E-state index contributed by atoms with van der Waals surface area (Å²) in [6, 6.07) is 0. The maximum atomic E-state index is 10.1. The fraction of sp³-hybridized carbons (Fsp3) is 0.600. The van der Waals surface area contributed by atoms with Crippen molar-refractivity contribution in [3.63, 3.8) is 0 Å². The number of hydrogen-bond acceptors (Lipinski definition) is 5. The van der Waals surface area contributed by atoms with Crippen molar-refractivity contribution in [3.8, 4) is 0 Å². The lowest BCUT2D eigenvalue weighted by atomic mass is 10.4. The maximum Gasteiger partial charge on any atom is 0.505 e. The number of aliphatic hydroxyl groups excluding tert-OH is 1. The molecule has 7 heteroatoms. The third kappa shape index (κ3) is 5.75. The summed E-state index contributed by atoms with van der Waals surface area (Å²) in [4.78, 5) is 19.9. The minimum Gasteiger partial charge on any atom is -0.450 e. The van der Waals surface area contributed by atoms with Gasteiger partial charge in [0.2, 0.25) is 0 Å². The van der Waals surface area contributed by atoms with E-state index in [9.17, 15) is 9.59 Å². The maximum absolute atomic E-state index is 10.1. The SMILES string of the molecule is O=C(O)OCC(CO)OC(=O)Cl. The Hall–Kier alpha value is -1.01. The number of hydrogen-bond donors (Lipinski definition) is 2. The van der Waals surface area contributed by atoms with Crippen molar-refractivity contribution in [1.29, 1.82) is 0 Å². The van der Waals surface area contributed by atoms with Crippen molar-refractivity contribution in [2.75, 3.05) is 13.2 Å². The Labute approximate surface area is 72.6 Å². The summed E-state index contributed by atoms with van der Waals surface area (Å²) in [7, 11) is 0. The lowest BCUT2D eigenvalue weighted by molar-refractivity contribution is 0.00943. The monoisotopic (exact) mass is 198 g/mol. The van der Waals surface area contributed by atoms with Crippen LogP contribution >= 0.6 is 11.6 Å². The van der Waals surface area contributed by atoms with Crippen molar-refractivity contribution in [1.82, 2.24) is 0 Å². The zero-order valence-corrected chi connectivity index (χ0v) is 6.65. The molecule has 0 aliphatic carbocycles. The summed E-state index contributed by atoms with van der Waals surface area (Å²) in [5.74, 6) is 0. The second-order valence-corrected chi connectivity index (χ2v) is 2.05. The van der Waals surface area contributed by atoms with E-state index in [1.54, 1.807) is 0 Å². The summed E-state index contributed by atoms with van der Waals surface area (Å²) >= 11 is 4.79. The molecule has 0 aromatic carbocycles. The standard InChI is InChI=1S/C5H7ClO6/c6-4(8)12-3(1-7)2-11-5(9)10/h3,7H,1-2H2,(H,9,10). The van der Waals surface area contributed by atoms with Gasteiger partial charge in [-0.2, -0.15) is 0 Å². The van der Waals surface area contributed by atoms with Gasteiger partial charge < -0.3 is 19.7 Å². The van der Waals surface area contributed by atoms with Gasteiger partial charge in [0.05, 0.1) is 6.61 Å². The summed E-state index contributed by atoms with van der Waals surface area (Å²) in [6.45, 7) is -0.990. The molecule has 0 saturated carbocycles. The van der Waals surface area contributed by atoms with Crippen molar-refractivity contribution in [3.05, 3.63) is 0 Å². The highest BCUT2D eigenvalue weighted by Gasteiger charge is 2.13. The lowest BCUT2D eigenvalue weighted by Gasteiger charge is -2.11. The average Bonchev–Trinajstić information content (AvgIpc) is 1.97. The first-order valence-corrected chi connectivity index (χ1v) is 3.26. The first kappa shape index (κ1) is 11.0. The summed E-state index contributed by atoms with van der Waals surface area (Å²) in [5.41, 5.74) is -1.12. The molecule has 6 nitrogen and oxygen atoms in total. The van der Waals surface area contributed by atoms with E-state index in [0.29, 0.717) is 0 Å². The molecule has 1 atom stereocenters. The van der Waals surface area contributed by atoms with Crippen LogP contribution in [-0.4, -0.2) is 41.1 Å². The van der Waals surface area contributed by atoms with Gasteiger partial charge in [-0.1, -0.05) is 0 Å². The normalized spacial score (nSPS) is 11.8. The topological polar surface area (TPSA) is 93.1 Å². The van der Waals surface area contributed by atoms with Crippen LogP contribution in [0.4, 0.5) is 9.59 Å². The minimum atomic E-state index is -1.51. The van der Waals surface area contributed by atoms with Gasteiger partial charge in [0.1, 0.15) is 6.61 Å². The van der Waals surface area contributed by atoms with Gasteiger partial charge in [-0.25, -0.2) is 9.59 Å². The van der Waals surface area contributed by atoms with Crippen molar-refractivity contribution >= 4 is 23.2 Å². The molecule has 0 aromatic rings. The lowest BCUT2D eigenvalue weighted by Crippen LogP contribution is -2.26. The van der Waals surface area contributed by atoms with E-state index >= 15 is 0 Å². The number of carboxylic acid groups (broad SMARTS) is 1. The Morgan fingerprint density at radius 3 is 2.42 bits per heavy atom. The van der Waals surface area contributed by atoms with Crippen LogP contribution in [0.3, 0.4) is 0 Å². The van der Waals surface area contributed by atoms with E-state index < -0.39 is 30.9 Å². The molecule has 12 heavy (non-hydrogen) atoms. The molecule has 0 saturated heterocycles. The fourth-order valence-corrected chi connectivity index (χ4v) is 0.545. The van der Waals surface area contributed by atoms with E-state index in [0.717, 1.165) is 0 Å². The highest BCUT2D eigenvalue weighted by atomic mass is 35.5. The molecule has 0 fully saturated rings. The van der Waals surface area contributed by atoms with Gasteiger partial charge >= 0.3 is 11.6 Å². The summed E-state index contributed by atoms with van der Waals surface area (Å²) in [5, 5.41) is 16.5. The van der Waals surface area contributed by atoms with Crippen LogP contribution in [0.1, 0.15) is 0 Å². The van der Waals surface area contributed by atoms with Crippen molar-refractivity contribution < 1.29 is 29.3 Å². The van der Waals surface area contributed by atoms with Crippen LogP contribution in [0.5, 0.6) is 0 Å². The van der Waals surface area contributed by atoms with Gasteiger partial charge in [-0.05, 0) is 0 Å². The smallest absolute Gasteiger partial charge is 0.450 e. The predicted molar refractivity (Wildman–Crippen MR) is 37.2 cm³/mol.